The van der Waals surface area contributed by atoms with Gasteiger partial charge in [0.05, 0.1) is 17.1 Å². The van der Waals surface area contributed by atoms with Gasteiger partial charge in [0.25, 0.3) is 0 Å². The van der Waals surface area contributed by atoms with Crippen molar-refractivity contribution in [3.63, 3.8) is 0 Å². The second-order valence-corrected chi connectivity index (χ2v) is 9.08. The monoisotopic (exact) mass is 490 g/mol. The highest BCUT2D eigenvalue weighted by Gasteiger charge is 2.23. The van der Waals surface area contributed by atoms with E-state index < -0.39 is 0 Å². The van der Waals surface area contributed by atoms with E-state index in [1.54, 1.807) is 30.3 Å². The molecule has 0 aliphatic carbocycles. The first-order valence-electron chi connectivity index (χ1n) is 10.8. The van der Waals surface area contributed by atoms with Crippen LogP contribution in [0, 0.1) is 6.92 Å². The SMILES string of the molecule is CCc1cc(C(=O)c2ccccc2Cl)c(-n2c(C)nnc2CNC(=O)C=Cc2ccccc2)s1. The molecule has 2 heterocycles. The highest BCUT2D eigenvalue weighted by molar-refractivity contribution is 7.15. The molecule has 0 fully saturated rings. The highest BCUT2D eigenvalue weighted by atomic mass is 35.5. The fraction of sp³-hybridized carbons (Fsp3) is 0.154. The molecule has 0 spiro atoms. The summed E-state index contributed by atoms with van der Waals surface area (Å²) in [7, 11) is 0. The maximum atomic E-state index is 13.4. The van der Waals surface area contributed by atoms with Crippen LogP contribution in [-0.2, 0) is 17.8 Å². The molecule has 0 saturated carbocycles. The van der Waals surface area contributed by atoms with E-state index in [9.17, 15) is 9.59 Å². The van der Waals surface area contributed by atoms with Crippen LogP contribution in [0.5, 0.6) is 0 Å². The summed E-state index contributed by atoms with van der Waals surface area (Å²) in [6, 6.07) is 18.5. The number of carbonyl (C=O) groups is 2. The number of halogens is 1. The summed E-state index contributed by atoms with van der Waals surface area (Å²) < 4.78 is 1.83. The Balaban J connectivity index is 1.61. The number of rotatable bonds is 8. The topological polar surface area (TPSA) is 76.9 Å². The van der Waals surface area contributed by atoms with Gasteiger partial charge in [0.15, 0.2) is 11.6 Å². The van der Waals surface area contributed by atoms with E-state index in [0.717, 1.165) is 16.9 Å². The van der Waals surface area contributed by atoms with Gasteiger partial charge in [0, 0.05) is 16.5 Å². The molecule has 6 nitrogen and oxygen atoms in total. The maximum absolute atomic E-state index is 13.4. The Morgan fingerprint density at radius 3 is 2.53 bits per heavy atom. The Morgan fingerprint density at radius 2 is 1.79 bits per heavy atom. The molecule has 0 bridgehead atoms. The Hall–Kier alpha value is -3.55. The van der Waals surface area contributed by atoms with Gasteiger partial charge in [-0.25, -0.2) is 0 Å². The lowest BCUT2D eigenvalue weighted by molar-refractivity contribution is -0.116. The van der Waals surface area contributed by atoms with Gasteiger partial charge < -0.3 is 5.32 Å². The third-order valence-corrected chi connectivity index (χ3v) is 6.81. The summed E-state index contributed by atoms with van der Waals surface area (Å²) >= 11 is 7.81. The van der Waals surface area contributed by atoms with Gasteiger partial charge in [-0.15, -0.1) is 21.5 Å². The minimum atomic E-state index is -0.246. The number of thiophene rings is 1. The second kappa shape index (κ2) is 10.6. The molecule has 34 heavy (non-hydrogen) atoms. The van der Waals surface area contributed by atoms with Gasteiger partial charge in [-0.2, -0.15) is 0 Å². The number of carbonyl (C=O) groups excluding carboxylic acids is 2. The Labute approximate surface area is 206 Å². The van der Waals surface area contributed by atoms with Gasteiger partial charge in [-0.1, -0.05) is 61.0 Å². The molecule has 172 valence electrons. The Bertz CT molecular complexity index is 1360. The van der Waals surface area contributed by atoms with Gasteiger partial charge in [0.2, 0.25) is 5.91 Å². The number of nitrogens with one attached hydrogen (secondary N) is 1. The second-order valence-electron chi connectivity index (χ2n) is 7.55. The smallest absolute Gasteiger partial charge is 0.244 e. The number of nitrogens with zero attached hydrogens (tertiary/aromatic N) is 3. The number of hydrogen-bond acceptors (Lipinski definition) is 5. The van der Waals surface area contributed by atoms with E-state index in [0.29, 0.717) is 32.8 Å². The van der Waals surface area contributed by atoms with Crippen molar-refractivity contribution in [3.8, 4) is 5.00 Å². The van der Waals surface area contributed by atoms with Crippen LogP contribution in [0.3, 0.4) is 0 Å². The molecule has 2 aromatic carbocycles. The number of aryl methyl sites for hydroxylation is 2. The maximum Gasteiger partial charge on any atom is 0.244 e. The number of amides is 1. The van der Waals surface area contributed by atoms with Crippen molar-refractivity contribution in [2.24, 2.45) is 0 Å². The molecule has 0 saturated heterocycles. The van der Waals surface area contributed by atoms with Crippen molar-refractivity contribution >= 4 is 40.7 Å². The summed E-state index contributed by atoms with van der Waals surface area (Å²) in [5.41, 5.74) is 1.91. The minimum Gasteiger partial charge on any atom is -0.345 e. The van der Waals surface area contributed by atoms with E-state index in [-0.39, 0.29) is 18.2 Å². The van der Waals surface area contributed by atoms with Crippen LogP contribution < -0.4 is 5.32 Å². The zero-order chi connectivity index (χ0) is 24.1. The van der Waals surface area contributed by atoms with Crippen LogP contribution in [0.2, 0.25) is 5.02 Å². The van der Waals surface area contributed by atoms with Gasteiger partial charge in [-0.05, 0) is 43.2 Å². The van der Waals surface area contributed by atoms with Crippen LogP contribution in [0.4, 0.5) is 0 Å². The molecular weight excluding hydrogens is 468 g/mol. The summed E-state index contributed by atoms with van der Waals surface area (Å²) in [6.07, 6.45) is 4.01. The molecule has 4 rings (SSSR count). The lowest BCUT2D eigenvalue weighted by Gasteiger charge is -2.10. The molecule has 0 unspecified atom stereocenters. The Kier molecular flexibility index (Phi) is 7.35. The Morgan fingerprint density at radius 1 is 1.06 bits per heavy atom. The van der Waals surface area contributed by atoms with Crippen molar-refractivity contribution in [1.29, 1.82) is 0 Å². The van der Waals surface area contributed by atoms with Crippen molar-refractivity contribution in [2.75, 3.05) is 0 Å². The summed E-state index contributed by atoms with van der Waals surface area (Å²) in [5, 5.41) is 12.4. The van der Waals surface area contributed by atoms with E-state index in [1.807, 2.05) is 54.8 Å². The molecule has 1 N–H and O–H groups in total. The van der Waals surface area contributed by atoms with E-state index in [4.69, 9.17) is 11.6 Å². The van der Waals surface area contributed by atoms with Crippen molar-refractivity contribution < 1.29 is 9.59 Å². The van der Waals surface area contributed by atoms with Crippen LogP contribution in [0.25, 0.3) is 11.1 Å². The number of ketones is 1. The molecule has 2 aromatic heterocycles. The molecule has 0 radical (unpaired) electrons. The molecule has 0 aliphatic heterocycles. The normalized spacial score (nSPS) is 11.1. The molecule has 0 aliphatic rings. The van der Waals surface area contributed by atoms with Crippen molar-refractivity contribution in [3.05, 3.63) is 105 Å². The quantitative estimate of drug-likeness (QED) is 0.264. The van der Waals surface area contributed by atoms with Crippen LogP contribution in [0.15, 0.2) is 66.7 Å². The zero-order valence-electron chi connectivity index (χ0n) is 18.8. The predicted octanol–water partition coefficient (Wildman–Crippen LogP) is 5.41. The molecule has 4 aromatic rings. The van der Waals surface area contributed by atoms with E-state index >= 15 is 0 Å². The third kappa shape index (κ3) is 5.16. The summed E-state index contributed by atoms with van der Waals surface area (Å²) in [6.45, 7) is 4.03. The first-order chi connectivity index (χ1) is 16.5. The fourth-order valence-corrected chi connectivity index (χ4v) is 4.85. The van der Waals surface area contributed by atoms with Crippen molar-refractivity contribution in [2.45, 2.75) is 26.8 Å². The van der Waals surface area contributed by atoms with Crippen molar-refractivity contribution in [1.82, 2.24) is 20.1 Å². The fourth-order valence-electron chi connectivity index (χ4n) is 3.47. The van der Waals surface area contributed by atoms with Gasteiger partial charge >= 0.3 is 0 Å². The largest absolute Gasteiger partial charge is 0.345 e. The summed E-state index contributed by atoms with van der Waals surface area (Å²) in [5.74, 6) is 0.757. The van der Waals surface area contributed by atoms with Crippen LogP contribution in [0.1, 0.15) is 44.9 Å². The molecular formula is C26H23ClN4O2S. The third-order valence-electron chi connectivity index (χ3n) is 5.22. The van der Waals surface area contributed by atoms with Gasteiger partial charge in [-0.3, -0.25) is 14.2 Å². The molecule has 8 heteroatoms. The first kappa shape index (κ1) is 23.6. The van der Waals surface area contributed by atoms with E-state index in [2.05, 4.69) is 15.5 Å². The highest BCUT2D eigenvalue weighted by Crippen LogP contribution is 2.32. The molecule has 1 amide bonds. The number of benzene rings is 2. The minimum absolute atomic E-state index is 0.162. The predicted molar refractivity (Wildman–Crippen MR) is 136 cm³/mol. The van der Waals surface area contributed by atoms with Crippen LogP contribution >= 0.6 is 22.9 Å². The van der Waals surface area contributed by atoms with Gasteiger partial charge in [0.1, 0.15) is 10.8 Å². The van der Waals surface area contributed by atoms with E-state index in [1.165, 1.54) is 17.4 Å². The van der Waals surface area contributed by atoms with Crippen LogP contribution in [-0.4, -0.2) is 26.5 Å². The first-order valence-corrected chi connectivity index (χ1v) is 12.0. The average molecular weight is 491 g/mol. The lowest BCUT2D eigenvalue weighted by Crippen LogP contribution is -2.22. The zero-order valence-corrected chi connectivity index (χ0v) is 20.4. The average Bonchev–Trinajstić information content (AvgIpc) is 3.44. The summed E-state index contributed by atoms with van der Waals surface area (Å²) in [4.78, 5) is 26.8. The number of hydrogen-bond donors (Lipinski definition) is 1. The number of aromatic nitrogens is 3. The standard InChI is InChI=1S/C26H23ClN4O2S/c1-3-19-15-21(25(33)20-11-7-8-12-22(20)27)26(34-19)31-17(2)29-30-23(31)16-28-24(32)14-13-18-9-5-4-6-10-18/h4-15H,3,16H2,1-2H3,(H,28,32). The lowest BCUT2D eigenvalue weighted by atomic mass is 10.0. The molecule has 0 atom stereocenters.